The maximum Gasteiger partial charge on any atom is 0.420 e. The number of hydrogen-bond acceptors (Lipinski definition) is 8. The van der Waals surface area contributed by atoms with Gasteiger partial charge in [0, 0.05) is 12.6 Å². The zero-order valence-electron chi connectivity index (χ0n) is 24.2. The Labute approximate surface area is 243 Å². The molecule has 42 heavy (non-hydrogen) atoms. The lowest BCUT2D eigenvalue weighted by Crippen LogP contribution is -2.45. The molecule has 0 spiro atoms. The zero-order valence-corrected chi connectivity index (χ0v) is 24.2. The Kier molecular flexibility index (Phi) is 9.21. The van der Waals surface area contributed by atoms with Gasteiger partial charge < -0.3 is 14.2 Å². The van der Waals surface area contributed by atoms with Gasteiger partial charge >= 0.3 is 18.3 Å². The van der Waals surface area contributed by atoms with Gasteiger partial charge in [-0.15, -0.1) is 0 Å². The van der Waals surface area contributed by atoms with E-state index in [0.717, 1.165) is 16.0 Å². The van der Waals surface area contributed by atoms with Gasteiger partial charge in [-0.25, -0.2) is 28.9 Å². The summed E-state index contributed by atoms with van der Waals surface area (Å²) >= 11 is 0. The minimum atomic E-state index is -0.812. The van der Waals surface area contributed by atoms with Crippen LogP contribution in [0.15, 0.2) is 84.1 Å². The van der Waals surface area contributed by atoms with Crippen molar-refractivity contribution in [1.82, 2.24) is 19.8 Å². The average Bonchev–Trinajstić information content (AvgIpc) is 3.41. The van der Waals surface area contributed by atoms with Crippen LogP contribution in [0.2, 0.25) is 0 Å². The van der Waals surface area contributed by atoms with Gasteiger partial charge in [-0.2, -0.15) is 0 Å². The first-order chi connectivity index (χ1) is 20.0. The van der Waals surface area contributed by atoms with Crippen LogP contribution in [0.4, 0.5) is 20.1 Å². The SMILES string of the molecule is Cc1c(N=C(NC(=O)OCc2ccccc2)N(C)C(=O)OCc2ccccc2)ccc2c1ncn2C(=O)OC(C)(C)C. The van der Waals surface area contributed by atoms with Gasteiger partial charge in [0.25, 0.3) is 0 Å². The molecule has 1 aromatic heterocycles. The normalized spacial score (nSPS) is 11.6. The first-order valence-electron chi connectivity index (χ1n) is 13.2. The van der Waals surface area contributed by atoms with Crippen molar-refractivity contribution in [1.29, 1.82) is 0 Å². The van der Waals surface area contributed by atoms with Gasteiger partial charge in [-0.3, -0.25) is 10.2 Å². The second-order valence-corrected chi connectivity index (χ2v) is 10.4. The quantitative estimate of drug-likeness (QED) is 0.169. The van der Waals surface area contributed by atoms with Gasteiger partial charge in [-0.1, -0.05) is 60.7 Å². The molecule has 0 aliphatic heterocycles. The van der Waals surface area contributed by atoms with Crippen molar-refractivity contribution >= 4 is 41.0 Å². The largest absolute Gasteiger partial charge is 0.444 e. The zero-order chi connectivity index (χ0) is 30.3. The van der Waals surface area contributed by atoms with E-state index in [1.807, 2.05) is 60.7 Å². The highest BCUT2D eigenvalue weighted by Crippen LogP contribution is 2.27. The molecular formula is C31H33N5O6. The monoisotopic (exact) mass is 571 g/mol. The molecule has 1 N–H and O–H groups in total. The number of imidazole rings is 1. The second kappa shape index (κ2) is 13.0. The summed E-state index contributed by atoms with van der Waals surface area (Å²) in [4.78, 5) is 48.4. The molecular weight excluding hydrogens is 538 g/mol. The maximum atomic E-state index is 13.0. The predicted octanol–water partition coefficient (Wildman–Crippen LogP) is 6.31. The van der Waals surface area contributed by atoms with Gasteiger partial charge in [0.1, 0.15) is 25.1 Å². The van der Waals surface area contributed by atoms with E-state index in [9.17, 15) is 14.4 Å². The van der Waals surface area contributed by atoms with Crippen molar-refractivity contribution in [3.05, 3.63) is 95.8 Å². The van der Waals surface area contributed by atoms with Crippen molar-refractivity contribution in [2.75, 3.05) is 7.05 Å². The molecule has 0 saturated heterocycles. The van der Waals surface area contributed by atoms with Gasteiger partial charge in [0.05, 0.1) is 16.7 Å². The highest BCUT2D eigenvalue weighted by molar-refractivity contribution is 6.02. The van der Waals surface area contributed by atoms with Crippen LogP contribution >= 0.6 is 0 Å². The molecule has 0 atom stereocenters. The smallest absolute Gasteiger partial charge is 0.420 e. The van der Waals surface area contributed by atoms with Gasteiger partial charge in [0.15, 0.2) is 0 Å². The molecule has 0 saturated carbocycles. The fraction of sp³-hybridized carbons (Fsp3) is 0.258. The van der Waals surface area contributed by atoms with Gasteiger partial charge in [0.2, 0.25) is 5.96 Å². The number of aryl methyl sites for hydroxylation is 1. The number of aromatic nitrogens is 2. The van der Waals surface area contributed by atoms with E-state index in [4.69, 9.17) is 14.2 Å². The van der Waals surface area contributed by atoms with Gasteiger partial charge in [-0.05, 0) is 51.0 Å². The molecule has 2 amide bonds. The van der Waals surface area contributed by atoms with E-state index in [1.54, 1.807) is 39.8 Å². The third-order valence-corrected chi connectivity index (χ3v) is 5.98. The lowest BCUT2D eigenvalue weighted by molar-refractivity contribution is 0.0543. The van der Waals surface area contributed by atoms with Crippen LogP contribution in [-0.4, -0.2) is 51.3 Å². The Hall–Kier alpha value is -5.19. The molecule has 1 heterocycles. The number of carbonyl (C=O) groups is 3. The van der Waals surface area contributed by atoms with Crippen LogP contribution in [-0.2, 0) is 27.4 Å². The molecule has 4 rings (SSSR count). The number of aliphatic imine (C=N–C) groups is 1. The van der Waals surface area contributed by atoms with Crippen molar-refractivity contribution < 1.29 is 28.6 Å². The molecule has 11 heteroatoms. The molecule has 3 aromatic carbocycles. The number of fused-ring (bicyclic) bond motifs is 1. The number of ether oxygens (including phenoxy) is 3. The van der Waals surface area contributed by atoms with E-state index in [0.29, 0.717) is 22.3 Å². The minimum absolute atomic E-state index is 0.0230. The molecule has 0 fully saturated rings. The van der Waals surface area contributed by atoms with E-state index in [1.165, 1.54) is 17.9 Å². The van der Waals surface area contributed by atoms with Crippen molar-refractivity contribution in [3.8, 4) is 0 Å². The number of amides is 2. The number of guanidine groups is 1. The fourth-order valence-corrected chi connectivity index (χ4v) is 3.84. The number of nitrogens with one attached hydrogen (secondary N) is 1. The van der Waals surface area contributed by atoms with Crippen LogP contribution in [0.1, 0.15) is 37.5 Å². The fourth-order valence-electron chi connectivity index (χ4n) is 3.84. The number of carbonyl (C=O) groups excluding carboxylic acids is 3. The summed E-state index contributed by atoms with van der Waals surface area (Å²) in [7, 11) is 1.43. The summed E-state index contributed by atoms with van der Waals surface area (Å²) in [6.45, 7) is 7.17. The Morgan fingerprint density at radius 2 is 1.50 bits per heavy atom. The minimum Gasteiger partial charge on any atom is -0.444 e. The van der Waals surface area contributed by atoms with Crippen molar-refractivity contribution in [2.24, 2.45) is 4.99 Å². The summed E-state index contributed by atoms with van der Waals surface area (Å²) in [5, 5.41) is 2.55. The molecule has 0 bridgehead atoms. The summed E-state index contributed by atoms with van der Waals surface area (Å²) in [5.41, 5.74) is 2.95. The highest BCUT2D eigenvalue weighted by atomic mass is 16.6. The first-order valence-corrected chi connectivity index (χ1v) is 13.2. The van der Waals surface area contributed by atoms with Crippen LogP contribution in [0.25, 0.3) is 11.0 Å². The molecule has 0 aliphatic rings. The summed E-state index contributed by atoms with van der Waals surface area (Å²) in [6, 6.07) is 21.7. The topological polar surface area (TPSA) is 124 Å². The lowest BCUT2D eigenvalue weighted by atomic mass is 10.1. The average molecular weight is 572 g/mol. The number of nitrogens with zero attached hydrogens (tertiary/aromatic N) is 4. The van der Waals surface area contributed by atoms with Crippen LogP contribution in [0, 0.1) is 6.92 Å². The summed E-state index contributed by atoms with van der Waals surface area (Å²) < 4.78 is 17.6. The number of rotatable bonds is 5. The first kappa shape index (κ1) is 29.8. The number of hydrogen-bond donors (Lipinski definition) is 1. The summed E-state index contributed by atoms with van der Waals surface area (Å²) in [6.07, 6.45) is -0.737. The standard InChI is InChI=1S/C31H33N5O6/c1-21-24(16-17-25-26(21)32-20-36(25)30(39)42-31(2,3)4)33-27(34-28(37)40-18-22-12-8-6-9-13-22)35(5)29(38)41-19-23-14-10-7-11-15-23/h6-17,20H,18-19H2,1-5H3,(H,33,34,37). The number of benzene rings is 3. The Morgan fingerprint density at radius 3 is 2.10 bits per heavy atom. The molecule has 11 nitrogen and oxygen atoms in total. The Bertz CT molecular complexity index is 1590. The molecule has 0 radical (unpaired) electrons. The Morgan fingerprint density at radius 1 is 0.905 bits per heavy atom. The predicted molar refractivity (Wildman–Crippen MR) is 157 cm³/mol. The molecule has 4 aromatic rings. The van der Waals surface area contributed by atoms with Crippen LogP contribution < -0.4 is 5.32 Å². The Balaban J connectivity index is 1.60. The van der Waals surface area contributed by atoms with Crippen LogP contribution in [0.3, 0.4) is 0 Å². The third kappa shape index (κ3) is 7.72. The van der Waals surface area contributed by atoms with Crippen molar-refractivity contribution in [3.63, 3.8) is 0 Å². The van der Waals surface area contributed by atoms with E-state index < -0.39 is 23.9 Å². The van der Waals surface area contributed by atoms with E-state index >= 15 is 0 Å². The lowest BCUT2D eigenvalue weighted by Gasteiger charge is -2.20. The molecule has 0 aliphatic carbocycles. The molecule has 0 unspecified atom stereocenters. The van der Waals surface area contributed by atoms with E-state index in [2.05, 4.69) is 15.3 Å². The van der Waals surface area contributed by atoms with Crippen LogP contribution in [0.5, 0.6) is 0 Å². The number of alkyl carbamates (subject to hydrolysis) is 1. The molecule has 218 valence electrons. The maximum absolute atomic E-state index is 13.0. The second-order valence-electron chi connectivity index (χ2n) is 10.4. The highest BCUT2D eigenvalue weighted by Gasteiger charge is 2.23. The summed E-state index contributed by atoms with van der Waals surface area (Å²) in [5.74, 6) is -0.125. The van der Waals surface area contributed by atoms with E-state index in [-0.39, 0.29) is 19.2 Å². The van der Waals surface area contributed by atoms with Crippen molar-refractivity contribution in [2.45, 2.75) is 46.5 Å². The third-order valence-electron chi connectivity index (χ3n) is 5.98.